The molecule has 0 atom stereocenters. The van der Waals surface area contributed by atoms with Crippen molar-refractivity contribution in [1.29, 1.82) is 0 Å². The van der Waals surface area contributed by atoms with E-state index in [0.29, 0.717) is 0 Å². The summed E-state index contributed by atoms with van der Waals surface area (Å²) in [5.41, 5.74) is 9.87. The highest BCUT2D eigenvalue weighted by molar-refractivity contribution is 6.16. The molecule has 132 valence electrons. The number of allylic oxidation sites excluding steroid dienone is 5. The summed E-state index contributed by atoms with van der Waals surface area (Å²) in [6, 6.07) is 8.53. The van der Waals surface area contributed by atoms with Crippen LogP contribution in [0.4, 0.5) is 0 Å². The monoisotopic (exact) mass is 349 g/mol. The van der Waals surface area contributed by atoms with Gasteiger partial charge in [-0.05, 0) is 72.7 Å². The van der Waals surface area contributed by atoms with Crippen LogP contribution in [0.3, 0.4) is 0 Å². The Morgan fingerprint density at radius 2 is 2.07 bits per heavy atom. The molecular formula is C26H23N. The van der Waals surface area contributed by atoms with Gasteiger partial charge in [0.05, 0.1) is 5.52 Å². The standard InChI is InChI=1S/C26H23N/c1-5-7-12-19(17(3)4)24-18(6-2)20-13-8-9-14-21(20)26-25(24)22-15-10-11-16-23(22)27-26/h1,6-8,10-13,15-16,27H,2,9,14H2,3-4H3/b12-7-. The lowest BCUT2D eigenvalue weighted by Crippen LogP contribution is -2.03. The van der Waals surface area contributed by atoms with Crippen LogP contribution in [0.2, 0.25) is 0 Å². The summed E-state index contributed by atoms with van der Waals surface area (Å²) in [6.45, 7) is 8.44. The van der Waals surface area contributed by atoms with Crippen LogP contribution >= 0.6 is 0 Å². The van der Waals surface area contributed by atoms with E-state index < -0.39 is 0 Å². The molecule has 0 spiro atoms. The van der Waals surface area contributed by atoms with Gasteiger partial charge in [0, 0.05) is 16.3 Å². The number of aryl methyl sites for hydroxylation is 1. The first-order chi connectivity index (χ1) is 13.2. The fourth-order valence-corrected chi connectivity index (χ4v) is 4.20. The number of aromatic amines is 1. The van der Waals surface area contributed by atoms with Crippen LogP contribution < -0.4 is 0 Å². The number of terminal acetylenes is 1. The molecule has 2 aromatic carbocycles. The summed E-state index contributed by atoms with van der Waals surface area (Å²) >= 11 is 0. The molecule has 3 aromatic rings. The van der Waals surface area contributed by atoms with Crippen molar-refractivity contribution in [2.24, 2.45) is 0 Å². The first-order valence-electron chi connectivity index (χ1n) is 9.36. The summed E-state index contributed by atoms with van der Waals surface area (Å²) in [5, 5.41) is 2.52. The average molecular weight is 349 g/mol. The molecule has 0 amide bonds. The molecule has 1 heteroatoms. The number of rotatable bonds is 3. The third-order valence-electron chi connectivity index (χ3n) is 5.35. The molecule has 0 bridgehead atoms. The Hall–Kier alpha value is -3.24. The molecule has 0 saturated heterocycles. The first-order valence-corrected chi connectivity index (χ1v) is 9.36. The van der Waals surface area contributed by atoms with Gasteiger partial charge in [0.15, 0.2) is 0 Å². The second-order valence-corrected chi connectivity index (χ2v) is 7.16. The van der Waals surface area contributed by atoms with Crippen molar-refractivity contribution in [3.63, 3.8) is 0 Å². The van der Waals surface area contributed by atoms with Gasteiger partial charge in [-0.25, -0.2) is 0 Å². The largest absolute Gasteiger partial charge is 0.354 e. The van der Waals surface area contributed by atoms with Crippen LogP contribution in [0.5, 0.6) is 0 Å². The van der Waals surface area contributed by atoms with Crippen molar-refractivity contribution in [2.75, 3.05) is 0 Å². The summed E-state index contributed by atoms with van der Waals surface area (Å²) in [5.74, 6) is 2.64. The quantitative estimate of drug-likeness (QED) is 0.391. The van der Waals surface area contributed by atoms with Gasteiger partial charge in [-0.1, -0.05) is 54.5 Å². The normalized spacial score (nSPS) is 13.1. The van der Waals surface area contributed by atoms with E-state index in [9.17, 15) is 0 Å². The Labute approximate surface area is 160 Å². The van der Waals surface area contributed by atoms with Crippen LogP contribution in [-0.4, -0.2) is 4.98 Å². The molecule has 1 heterocycles. The molecule has 0 aliphatic heterocycles. The highest BCUT2D eigenvalue weighted by Crippen LogP contribution is 2.42. The Kier molecular flexibility index (Phi) is 4.34. The fraction of sp³-hybridized carbons (Fsp3) is 0.154. The Balaban J connectivity index is 2.28. The van der Waals surface area contributed by atoms with Gasteiger partial charge in [-0.2, -0.15) is 0 Å². The zero-order valence-electron chi connectivity index (χ0n) is 15.9. The minimum absolute atomic E-state index is 1.04. The maximum atomic E-state index is 5.52. The second kappa shape index (κ2) is 6.82. The predicted molar refractivity (Wildman–Crippen MR) is 119 cm³/mol. The van der Waals surface area contributed by atoms with Gasteiger partial charge in [-0.15, -0.1) is 6.42 Å². The summed E-state index contributed by atoms with van der Waals surface area (Å²) < 4.78 is 0. The van der Waals surface area contributed by atoms with Crippen molar-refractivity contribution in [1.82, 2.24) is 4.98 Å². The molecule has 0 fully saturated rings. The molecule has 1 aliphatic rings. The lowest BCUT2D eigenvalue weighted by molar-refractivity contribution is 0.992. The lowest BCUT2D eigenvalue weighted by atomic mass is 9.83. The minimum Gasteiger partial charge on any atom is -0.354 e. The van der Waals surface area contributed by atoms with Gasteiger partial charge in [0.2, 0.25) is 0 Å². The second-order valence-electron chi connectivity index (χ2n) is 7.16. The van der Waals surface area contributed by atoms with E-state index in [2.05, 4.69) is 73.8 Å². The van der Waals surface area contributed by atoms with Gasteiger partial charge in [0.1, 0.15) is 0 Å². The molecule has 0 saturated carbocycles. The molecule has 27 heavy (non-hydrogen) atoms. The average Bonchev–Trinajstić information content (AvgIpc) is 3.07. The van der Waals surface area contributed by atoms with Crippen LogP contribution in [0, 0.1) is 12.3 Å². The van der Waals surface area contributed by atoms with Gasteiger partial charge >= 0.3 is 0 Å². The molecule has 0 radical (unpaired) electrons. The first kappa shape index (κ1) is 17.2. The summed E-state index contributed by atoms with van der Waals surface area (Å²) in [7, 11) is 0. The van der Waals surface area contributed by atoms with E-state index in [-0.39, 0.29) is 0 Å². The maximum Gasteiger partial charge on any atom is 0.0510 e. The predicted octanol–water partition coefficient (Wildman–Crippen LogP) is 6.91. The molecule has 4 rings (SSSR count). The van der Waals surface area contributed by atoms with E-state index in [0.717, 1.165) is 12.8 Å². The van der Waals surface area contributed by atoms with Crippen LogP contribution in [0.1, 0.15) is 42.5 Å². The van der Waals surface area contributed by atoms with Crippen molar-refractivity contribution in [2.45, 2.75) is 26.7 Å². The molecule has 0 unspecified atom stereocenters. The van der Waals surface area contributed by atoms with Crippen LogP contribution in [0.15, 0.2) is 54.6 Å². The van der Waals surface area contributed by atoms with Gasteiger partial charge in [0.25, 0.3) is 0 Å². The summed E-state index contributed by atoms with van der Waals surface area (Å²) in [4.78, 5) is 3.69. The minimum atomic E-state index is 1.04. The molecular weight excluding hydrogens is 326 g/mol. The lowest BCUT2D eigenvalue weighted by Gasteiger charge is -2.21. The van der Waals surface area contributed by atoms with E-state index >= 15 is 0 Å². The molecule has 1 aromatic heterocycles. The topological polar surface area (TPSA) is 15.8 Å². The number of fused-ring (bicyclic) bond motifs is 5. The van der Waals surface area contributed by atoms with Gasteiger partial charge in [-0.3, -0.25) is 0 Å². The van der Waals surface area contributed by atoms with E-state index in [1.165, 1.54) is 55.2 Å². The van der Waals surface area contributed by atoms with Crippen molar-refractivity contribution in [3.05, 3.63) is 76.9 Å². The number of aromatic nitrogens is 1. The maximum absolute atomic E-state index is 5.52. The summed E-state index contributed by atoms with van der Waals surface area (Å²) in [6.07, 6.45) is 18.0. The molecule has 1 aliphatic carbocycles. The van der Waals surface area contributed by atoms with Crippen LogP contribution in [0.25, 0.3) is 39.5 Å². The highest BCUT2D eigenvalue weighted by atomic mass is 14.7. The van der Waals surface area contributed by atoms with Crippen molar-refractivity contribution in [3.8, 4) is 12.3 Å². The Morgan fingerprint density at radius 3 is 2.81 bits per heavy atom. The highest BCUT2D eigenvalue weighted by Gasteiger charge is 2.22. The third kappa shape index (κ3) is 2.66. The molecule has 1 nitrogen and oxygen atoms in total. The van der Waals surface area contributed by atoms with Crippen LogP contribution in [-0.2, 0) is 6.42 Å². The van der Waals surface area contributed by atoms with Crippen molar-refractivity contribution >= 4 is 39.5 Å². The fourth-order valence-electron chi connectivity index (χ4n) is 4.20. The van der Waals surface area contributed by atoms with E-state index in [1.54, 1.807) is 6.08 Å². The Morgan fingerprint density at radius 1 is 1.26 bits per heavy atom. The van der Waals surface area contributed by atoms with E-state index in [4.69, 9.17) is 6.42 Å². The van der Waals surface area contributed by atoms with Crippen molar-refractivity contribution < 1.29 is 0 Å². The zero-order valence-corrected chi connectivity index (χ0v) is 15.9. The number of hydrogen-bond acceptors (Lipinski definition) is 0. The number of para-hydroxylation sites is 1. The number of benzene rings is 2. The number of hydrogen-bond donors (Lipinski definition) is 1. The van der Waals surface area contributed by atoms with E-state index in [1.807, 2.05) is 6.08 Å². The zero-order chi connectivity index (χ0) is 19.0. The Bertz CT molecular complexity index is 1200. The SMILES string of the molecule is C#C/C=C\C(=C(C)C)c1c(C=C)c2c(c3[nH]c4ccccc4c13)CCC=C2. The number of nitrogens with one attached hydrogen (secondary N) is 1. The molecule has 1 N–H and O–H groups in total. The van der Waals surface area contributed by atoms with Gasteiger partial charge < -0.3 is 4.98 Å². The third-order valence-corrected chi connectivity index (χ3v) is 5.35. The smallest absolute Gasteiger partial charge is 0.0510 e. The number of H-pyrrole nitrogens is 1.